The second-order valence-electron chi connectivity index (χ2n) is 8.20. The van der Waals surface area contributed by atoms with Gasteiger partial charge in [-0.05, 0) is 58.7 Å². The van der Waals surface area contributed by atoms with Crippen LogP contribution in [0.1, 0.15) is 51.6 Å². The summed E-state index contributed by atoms with van der Waals surface area (Å²) in [6.45, 7) is 7.95. The maximum atomic E-state index is 12.8. The summed E-state index contributed by atoms with van der Waals surface area (Å²) in [5, 5.41) is 11.1. The van der Waals surface area contributed by atoms with Gasteiger partial charge < -0.3 is 15.7 Å². The van der Waals surface area contributed by atoms with Crippen molar-refractivity contribution in [1.29, 1.82) is 0 Å². The highest BCUT2D eigenvalue weighted by Crippen LogP contribution is 2.39. The summed E-state index contributed by atoms with van der Waals surface area (Å²) in [5.41, 5.74) is 5.84. The number of likely N-dealkylation sites (tertiary alicyclic amines) is 1. The number of carbonyl (C=O) groups is 1. The number of rotatable bonds is 7. The van der Waals surface area contributed by atoms with Crippen molar-refractivity contribution in [3.05, 3.63) is 27.7 Å². The van der Waals surface area contributed by atoms with Crippen molar-refractivity contribution in [2.45, 2.75) is 50.8 Å². The predicted molar refractivity (Wildman–Crippen MR) is 115 cm³/mol. The first kappa shape index (κ1) is 23.4. The molecule has 0 radical (unpaired) electrons. The Morgan fingerprint density at radius 3 is 2.43 bits per heavy atom. The number of nitrogens with two attached hydrogens (primary N) is 1. The molecule has 1 aromatic carbocycles. The normalized spacial score (nSPS) is 18.8. The van der Waals surface area contributed by atoms with Crippen molar-refractivity contribution in [2.24, 2.45) is 11.7 Å². The minimum Gasteiger partial charge on any atom is -0.508 e. The molecule has 2 unspecified atom stereocenters. The number of piperidine rings is 1. The Balaban J connectivity index is 2.22. The number of primary amides is 1. The third-order valence-electron chi connectivity index (χ3n) is 4.97. The molecular formula is C19H29Cl2N3O3S. The van der Waals surface area contributed by atoms with Gasteiger partial charge in [0.15, 0.2) is 0 Å². The number of nitrogens with one attached hydrogen (secondary N) is 1. The number of hydrogen-bond acceptors (Lipinski definition) is 4. The lowest BCUT2D eigenvalue weighted by molar-refractivity contribution is -0.118. The number of phenols is 1. The summed E-state index contributed by atoms with van der Waals surface area (Å²) in [6.07, 6.45) is 2.00. The highest BCUT2D eigenvalue weighted by Gasteiger charge is 2.33. The van der Waals surface area contributed by atoms with Crippen LogP contribution in [-0.2, 0) is 15.8 Å². The van der Waals surface area contributed by atoms with Gasteiger partial charge in [0, 0.05) is 24.6 Å². The molecule has 1 aliphatic heterocycles. The van der Waals surface area contributed by atoms with E-state index < -0.39 is 15.7 Å². The fourth-order valence-corrected chi connectivity index (χ4v) is 4.52. The fraction of sp³-hybridized carbons (Fsp3) is 0.632. The lowest BCUT2D eigenvalue weighted by Crippen LogP contribution is -2.43. The number of amides is 1. The van der Waals surface area contributed by atoms with Crippen LogP contribution in [0, 0.1) is 5.92 Å². The van der Waals surface area contributed by atoms with Crippen LogP contribution in [0.4, 0.5) is 0 Å². The molecule has 0 saturated carbocycles. The molecular weight excluding hydrogens is 421 g/mol. The zero-order chi connectivity index (χ0) is 21.1. The molecule has 28 heavy (non-hydrogen) atoms. The number of benzene rings is 1. The molecule has 1 heterocycles. The Bertz CT molecular complexity index is 732. The molecule has 1 aliphatic rings. The average molecular weight is 450 g/mol. The largest absolute Gasteiger partial charge is 0.508 e. The van der Waals surface area contributed by atoms with Crippen molar-refractivity contribution in [1.82, 2.24) is 9.62 Å². The molecule has 2 atom stereocenters. The van der Waals surface area contributed by atoms with Gasteiger partial charge in [-0.3, -0.25) is 4.79 Å². The molecule has 1 aromatic rings. The topological polar surface area (TPSA) is 95.7 Å². The summed E-state index contributed by atoms with van der Waals surface area (Å²) < 4.78 is 15.6. The van der Waals surface area contributed by atoms with E-state index in [1.165, 1.54) is 6.07 Å². The number of nitrogens with zero attached hydrogens (tertiary/aromatic N) is 1. The molecule has 1 saturated heterocycles. The SMILES string of the molecule is CC(C)(C)S(=O)NC(c1cc(Cl)c(Cl)cc1O)C1CCN(CCC(N)=O)CC1. The second-order valence-corrected chi connectivity index (χ2v) is 11.0. The minimum absolute atomic E-state index is 0.0361. The standard InChI is InChI=1S/C19H29Cl2N3O3S/c1-19(2,3)28(27)23-18(13-10-14(20)15(21)11-16(13)25)12-4-7-24(8-5-12)9-6-17(22)26/h10-12,18,23,25H,4-9H2,1-3H3,(H2,22,26). The third-order valence-corrected chi connectivity index (χ3v) is 7.28. The number of phenolic OH excluding ortho intramolecular Hbond substituents is 1. The van der Waals surface area contributed by atoms with Crippen molar-refractivity contribution in [3.8, 4) is 5.75 Å². The Hall–Kier alpha value is -0.860. The summed E-state index contributed by atoms with van der Waals surface area (Å²) in [4.78, 5) is 13.2. The Labute approximate surface area is 179 Å². The van der Waals surface area contributed by atoms with Crippen molar-refractivity contribution < 1.29 is 14.1 Å². The second kappa shape index (κ2) is 9.76. The fourth-order valence-electron chi connectivity index (χ4n) is 3.28. The van der Waals surface area contributed by atoms with Crippen molar-refractivity contribution in [3.63, 3.8) is 0 Å². The highest BCUT2D eigenvalue weighted by molar-refractivity contribution is 7.84. The molecule has 2 rings (SSSR count). The highest BCUT2D eigenvalue weighted by atomic mass is 35.5. The lowest BCUT2D eigenvalue weighted by Gasteiger charge is -2.37. The Morgan fingerprint density at radius 1 is 1.32 bits per heavy atom. The van der Waals surface area contributed by atoms with E-state index in [0.29, 0.717) is 23.6 Å². The van der Waals surface area contributed by atoms with Crippen LogP contribution >= 0.6 is 23.2 Å². The summed E-state index contributed by atoms with van der Waals surface area (Å²) in [7, 11) is -1.32. The van der Waals surface area contributed by atoms with E-state index in [1.54, 1.807) is 6.07 Å². The van der Waals surface area contributed by atoms with Crippen LogP contribution < -0.4 is 10.5 Å². The van der Waals surface area contributed by atoms with Gasteiger partial charge in [-0.1, -0.05) is 23.2 Å². The predicted octanol–water partition coefficient (Wildman–Crippen LogP) is 3.38. The number of carbonyl (C=O) groups excluding carboxylic acids is 1. The van der Waals surface area contributed by atoms with E-state index in [0.717, 1.165) is 25.9 Å². The minimum atomic E-state index is -1.32. The van der Waals surface area contributed by atoms with Crippen LogP contribution in [0.5, 0.6) is 5.75 Å². The molecule has 6 nitrogen and oxygen atoms in total. The summed E-state index contributed by atoms with van der Waals surface area (Å²) >= 11 is 12.2. The van der Waals surface area contributed by atoms with E-state index >= 15 is 0 Å². The molecule has 1 amide bonds. The van der Waals surface area contributed by atoms with Crippen molar-refractivity contribution in [2.75, 3.05) is 19.6 Å². The molecule has 0 aliphatic carbocycles. The monoisotopic (exact) mass is 449 g/mol. The molecule has 0 spiro atoms. The first-order chi connectivity index (χ1) is 13.0. The van der Waals surface area contributed by atoms with Gasteiger partial charge in [-0.15, -0.1) is 0 Å². The van der Waals surface area contributed by atoms with Crippen LogP contribution in [0.25, 0.3) is 0 Å². The Kier molecular flexibility index (Phi) is 8.16. The van der Waals surface area contributed by atoms with Gasteiger partial charge in [0.1, 0.15) is 5.75 Å². The summed E-state index contributed by atoms with van der Waals surface area (Å²) in [6, 6.07) is 2.75. The smallest absolute Gasteiger partial charge is 0.218 e. The first-order valence-corrected chi connectivity index (χ1v) is 11.3. The van der Waals surface area contributed by atoms with Crippen LogP contribution in [0.3, 0.4) is 0 Å². The average Bonchev–Trinajstić information content (AvgIpc) is 2.61. The van der Waals surface area contributed by atoms with E-state index in [-0.39, 0.29) is 28.6 Å². The number of halogens is 2. The number of hydrogen-bond donors (Lipinski definition) is 3. The van der Waals surface area contributed by atoms with Gasteiger partial charge in [-0.2, -0.15) is 0 Å². The van der Waals surface area contributed by atoms with E-state index in [4.69, 9.17) is 28.9 Å². The van der Waals surface area contributed by atoms with Gasteiger partial charge in [0.2, 0.25) is 5.91 Å². The van der Waals surface area contributed by atoms with Crippen molar-refractivity contribution >= 4 is 40.1 Å². The zero-order valence-electron chi connectivity index (χ0n) is 16.5. The molecule has 9 heteroatoms. The third kappa shape index (κ3) is 6.32. The molecule has 158 valence electrons. The molecule has 1 fully saturated rings. The number of aromatic hydroxyl groups is 1. The zero-order valence-corrected chi connectivity index (χ0v) is 18.8. The maximum Gasteiger partial charge on any atom is 0.218 e. The van der Waals surface area contributed by atoms with E-state index in [2.05, 4.69) is 9.62 Å². The van der Waals surface area contributed by atoms with Crippen LogP contribution in [0.2, 0.25) is 10.0 Å². The quantitative estimate of drug-likeness (QED) is 0.594. The van der Waals surface area contributed by atoms with Gasteiger partial charge in [-0.25, -0.2) is 8.93 Å². The van der Waals surface area contributed by atoms with Gasteiger partial charge in [0.25, 0.3) is 0 Å². The van der Waals surface area contributed by atoms with E-state index in [1.807, 2.05) is 20.8 Å². The van der Waals surface area contributed by atoms with Gasteiger partial charge in [0.05, 0.1) is 31.8 Å². The van der Waals surface area contributed by atoms with E-state index in [9.17, 15) is 14.1 Å². The molecule has 0 bridgehead atoms. The Morgan fingerprint density at radius 2 is 1.89 bits per heavy atom. The molecule has 4 N–H and O–H groups in total. The lowest BCUT2D eigenvalue weighted by atomic mass is 9.85. The maximum absolute atomic E-state index is 12.8. The van der Waals surface area contributed by atoms with Crippen LogP contribution in [-0.4, -0.2) is 44.5 Å². The first-order valence-electron chi connectivity index (χ1n) is 9.35. The molecule has 0 aromatic heterocycles. The summed E-state index contributed by atoms with van der Waals surface area (Å²) in [5.74, 6) is -0.115. The van der Waals surface area contributed by atoms with Gasteiger partial charge >= 0.3 is 0 Å². The van der Waals surface area contributed by atoms with Crippen LogP contribution in [0.15, 0.2) is 12.1 Å².